The summed E-state index contributed by atoms with van der Waals surface area (Å²) in [4.78, 5) is 32.2. The average molecular weight is 401 g/mol. The number of rotatable bonds is 6. The second-order valence-corrected chi connectivity index (χ2v) is 6.84. The fourth-order valence-electron chi connectivity index (χ4n) is 3.12. The van der Waals surface area contributed by atoms with Crippen molar-refractivity contribution < 1.29 is 19.0 Å². The molecule has 2 aromatic rings. The fourth-order valence-corrected chi connectivity index (χ4v) is 3.66. The van der Waals surface area contributed by atoms with Crippen LogP contribution in [0.2, 0.25) is 0 Å². The highest BCUT2D eigenvalue weighted by atomic mass is 32.2. The summed E-state index contributed by atoms with van der Waals surface area (Å²) < 4.78 is 16.2. The van der Waals surface area contributed by atoms with E-state index in [-0.39, 0.29) is 23.7 Å². The zero-order valence-corrected chi connectivity index (χ0v) is 16.4. The molecule has 8 nitrogen and oxygen atoms in total. The third-order valence-electron chi connectivity index (χ3n) is 4.33. The second kappa shape index (κ2) is 8.27. The van der Waals surface area contributed by atoms with Crippen LogP contribution in [0.25, 0.3) is 0 Å². The third-order valence-corrected chi connectivity index (χ3v) is 5.11. The zero-order chi connectivity index (χ0) is 20.3. The summed E-state index contributed by atoms with van der Waals surface area (Å²) in [6.45, 7) is 0. The topological polar surface area (TPSA) is 103 Å². The number of H-pyrrole nitrogens is 1. The molecule has 0 radical (unpaired) electrons. The van der Waals surface area contributed by atoms with Crippen molar-refractivity contribution in [1.29, 1.82) is 0 Å². The van der Waals surface area contributed by atoms with Crippen molar-refractivity contribution in [3.8, 4) is 29.6 Å². The molecule has 1 aromatic carbocycles. The molecule has 0 spiro atoms. The summed E-state index contributed by atoms with van der Waals surface area (Å²) in [6.07, 6.45) is 5.33. The van der Waals surface area contributed by atoms with Gasteiger partial charge in [0.25, 0.3) is 5.56 Å². The lowest BCUT2D eigenvalue weighted by Gasteiger charge is -2.26. The SMILES string of the molecule is C#CCSc1nc2c(c(=O)[nH]1)[C@@H](c1cc(OC)c(OC)cc1OC)CC(=O)N2. The van der Waals surface area contributed by atoms with Crippen molar-refractivity contribution in [3.05, 3.63) is 33.6 Å². The summed E-state index contributed by atoms with van der Waals surface area (Å²) in [7, 11) is 4.54. The van der Waals surface area contributed by atoms with E-state index in [2.05, 4.69) is 21.2 Å². The van der Waals surface area contributed by atoms with E-state index in [0.717, 1.165) is 0 Å². The summed E-state index contributed by atoms with van der Waals surface area (Å²) in [5.41, 5.74) is 0.647. The van der Waals surface area contributed by atoms with E-state index in [1.165, 1.54) is 33.1 Å². The lowest BCUT2D eigenvalue weighted by Crippen LogP contribution is -2.31. The van der Waals surface area contributed by atoms with Gasteiger partial charge in [0.1, 0.15) is 11.6 Å². The van der Waals surface area contributed by atoms with Crippen LogP contribution in [0.1, 0.15) is 23.5 Å². The van der Waals surface area contributed by atoms with E-state index >= 15 is 0 Å². The molecule has 146 valence electrons. The van der Waals surface area contributed by atoms with Crippen LogP contribution in [-0.2, 0) is 4.79 Å². The lowest BCUT2D eigenvalue weighted by atomic mass is 9.86. The molecular weight excluding hydrogens is 382 g/mol. The van der Waals surface area contributed by atoms with Crippen LogP contribution in [0, 0.1) is 12.3 Å². The summed E-state index contributed by atoms with van der Waals surface area (Å²) in [5, 5.41) is 3.02. The van der Waals surface area contributed by atoms with Gasteiger partial charge >= 0.3 is 0 Å². The Labute approximate surface area is 166 Å². The largest absolute Gasteiger partial charge is 0.496 e. The van der Waals surface area contributed by atoms with Crippen molar-refractivity contribution in [1.82, 2.24) is 9.97 Å². The van der Waals surface area contributed by atoms with Crippen LogP contribution in [-0.4, -0.2) is 43.0 Å². The maximum atomic E-state index is 12.8. The number of benzene rings is 1. The van der Waals surface area contributed by atoms with Crippen LogP contribution in [0.3, 0.4) is 0 Å². The van der Waals surface area contributed by atoms with E-state index in [4.69, 9.17) is 20.6 Å². The number of amides is 1. The first kappa shape index (κ1) is 19.6. The summed E-state index contributed by atoms with van der Waals surface area (Å²) in [6, 6.07) is 3.38. The van der Waals surface area contributed by atoms with Crippen molar-refractivity contribution in [2.45, 2.75) is 17.5 Å². The number of hydrogen-bond acceptors (Lipinski definition) is 7. The number of hydrogen-bond donors (Lipinski definition) is 2. The van der Waals surface area contributed by atoms with Gasteiger partial charge in [-0.15, -0.1) is 6.42 Å². The molecule has 3 rings (SSSR count). The van der Waals surface area contributed by atoms with E-state index in [1.54, 1.807) is 12.1 Å². The molecule has 0 saturated heterocycles. The Balaban J connectivity index is 2.16. The van der Waals surface area contributed by atoms with Crippen LogP contribution in [0.15, 0.2) is 22.1 Å². The minimum absolute atomic E-state index is 0.0699. The van der Waals surface area contributed by atoms with Crippen molar-refractivity contribution in [2.75, 3.05) is 32.4 Å². The predicted molar refractivity (Wildman–Crippen MR) is 106 cm³/mol. The first-order chi connectivity index (χ1) is 13.5. The molecule has 0 fully saturated rings. The van der Waals surface area contributed by atoms with Crippen molar-refractivity contribution >= 4 is 23.5 Å². The van der Waals surface area contributed by atoms with Gasteiger partial charge in [-0.2, -0.15) is 0 Å². The van der Waals surface area contributed by atoms with Gasteiger partial charge in [0.2, 0.25) is 5.91 Å². The quantitative estimate of drug-likeness (QED) is 0.434. The molecule has 0 unspecified atom stereocenters. The number of aromatic nitrogens is 2. The Morgan fingerprint density at radius 1 is 1.18 bits per heavy atom. The molecule has 1 aromatic heterocycles. The second-order valence-electron chi connectivity index (χ2n) is 5.88. The number of nitrogens with one attached hydrogen (secondary N) is 2. The van der Waals surface area contributed by atoms with E-state index in [1.807, 2.05) is 0 Å². The Bertz CT molecular complexity index is 1010. The molecule has 28 heavy (non-hydrogen) atoms. The van der Waals surface area contributed by atoms with Crippen LogP contribution < -0.4 is 25.1 Å². The Morgan fingerprint density at radius 2 is 1.86 bits per heavy atom. The van der Waals surface area contributed by atoms with Gasteiger partial charge in [0, 0.05) is 24.0 Å². The zero-order valence-electron chi connectivity index (χ0n) is 15.6. The minimum atomic E-state index is -0.554. The number of carbonyl (C=O) groups is 1. The predicted octanol–water partition coefficient (Wildman–Crippen LogP) is 2.00. The first-order valence-electron chi connectivity index (χ1n) is 8.32. The van der Waals surface area contributed by atoms with Gasteiger partial charge in [-0.1, -0.05) is 17.7 Å². The van der Waals surface area contributed by atoms with Gasteiger partial charge in [-0.25, -0.2) is 4.98 Å². The number of thioether (sulfide) groups is 1. The highest BCUT2D eigenvalue weighted by Crippen LogP contribution is 2.43. The summed E-state index contributed by atoms with van der Waals surface area (Å²) in [5.74, 6) is 3.67. The normalized spacial score (nSPS) is 15.2. The number of fused-ring (bicyclic) bond motifs is 1. The standard InChI is InChI=1S/C19H19N3O5S/c1-5-6-28-19-21-17-16(18(24)22-19)11(8-15(23)20-17)10-7-13(26-3)14(27-4)9-12(10)25-2/h1,7,9,11H,6,8H2,2-4H3,(H2,20,21,22,23,24)/t11-/m1/s1. The first-order valence-corrected chi connectivity index (χ1v) is 9.31. The minimum Gasteiger partial charge on any atom is -0.496 e. The van der Waals surface area contributed by atoms with Gasteiger partial charge in [0.15, 0.2) is 16.7 Å². The molecule has 9 heteroatoms. The van der Waals surface area contributed by atoms with Crippen LogP contribution in [0.4, 0.5) is 5.82 Å². The van der Waals surface area contributed by atoms with E-state index in [0.29, 0.717) is 39.3 Å². The van der Waals surface area contributed by atoms with Crippen molar-refractivity contribution in [2.24, 2.45) is 0 Å². The molecule has 0 aliphatic carbocycles. The number of aromatic amines is 1. The molecule has 1 amide bonds. The Kier molecular flexibility index (Phi) is 5.80. The molecular formula is C19H19N3O5S. The average Bonchev–Trinajstić information content (AvgIpc) is 2.70. The highest BCUT2D eigenvalue weighted by Gasteiger charge is 2.33. The van der Waals surface area contributed by atoms with Crippen LogP contribution >= 0.6 is 11.8 Å². The van der Waals surface area contributed by atoms with Crippen LogP contribution in [0.5, 0.6) is 17.2 Å². The Morgan fingerprint density at radius 3 is 2.50 bits per heavy atom. The van der Waals surface area contributed by atoms with Gasteiger partial charge in [-0.3, -0.25) is 9.59 Å². The maximum absolute atomic E-state index is 12.8. The number of anilines is 1. The monoisotopic (exact) mass is 401 g/mol. The number of methoxy groups -OCH3 is 3. The molecule has 2 N–H and O–H groups in total. The molecule has 1 aliphatic heterocycles. The lowest BCUT2D eigenvalue weighted by molar-refractivity contribution is -0.116. The third kappa shape index (κ3) is 3.64. The van der Waals surface area contributed by atoms with Gasteiger partial charge in [0.05, 0.1) is 32.6 Å². The summed E-state index contributed by atoms with van der Waals surface area (Å²) >= 11 is 1.21. The number of nitrogens with zero attached hydrogens (tertiary/aromatic N) is 1. The number of carbonyl (C=O) groups excluding carboxylic acids is 1. The van der Waals surface area contributed by atoms with E-state index < -0.39 is 5.92 Å². The molecule has 2 heterocycles. The number of terminal acetylenes is 1. The van der Waals surface area contributed by atoms with Crippen molar-refractivity contribution in [3.63, 3.8) is 0 Å². The smallest absolute Gasteiger partial charge is 0.257 e. The Hall–Kier alpha value is -3.12. The van der Waals surface area contributed by atoms with Gasteiger partial charge < -0.3 is 24.5 Å². The number of ether oxygens (including phenoxy) is 3. The highest BCUT2D eigenvalue weighted by molar-refractivity contribution is 7.99. The van der Waals surface area contributed by atoms with E-state index in [9.17, 15) is 9.59 Å². The maximum Gasteiger partial charge on any atom is 0.257 e. The molecule has 1 aliphatic rings. The molecule has 0 bridgehead atoms. The fraction of sp³-hybridized carbons (Fsp3) is 0.316. The molecule has 0 saturated carbocycles. The molecule has 1 atom stereocenters. The van der Waals surface area contributed by atoms with Gasteiger partial charge in [-0.05, 0) is 6.07 Å².